The third kappa shape index (κ3) is 4.99. The van der Waals surface area contributed by atoms with Crippen LogP contribution in [0, 0.1) is 58.2 Å². The van der Waals surface area contributed by atoms with Crippen LogP contribution in [-0.2, 0) is 0 Å². The maximum Gasteiger partial charge on any atom is -0.0264 e. The van der Waals surface area contributed by atoms with Gasteiger partial charge in [-0.1, -0.05) is 74.7 Å². The van der Waals surface area contributed by atoms with Crippen LogP contribution < -0.4 is 0 Å². The molecule has 4 saturated carbocycles. The molecule has 0 N–H and O–H groups in total. The van der Waals surface area contributed by atoms with Crippen molar-refractivity contribution in [1.82, 2.24) is 0 Å². The summed E-state index contributed by atoms with van der Waals surface area (Å²) in [7, 11) is 0. The monoisotopic (exact) mass is 430 g/mol. The van der Waals surface area contributed by atoms with Crippen LogP contribution in [0.4, 0.5) is 0 Å². The number of rotatable bonds is 5. The fraction of sp³-hybridized carbons (Fsp3) is 0.935. The van der Waals surface area contributed by atoms with Crippen molar-refractivity contribution in [3.8, 4) is 0 Å². The number of fused-ring (bicyclic) bond motifs is 5. The van der Waals surface area contributed by atoms with Gasteiger partial charge in [0.25, 0.3) is 0 Å². The van der Waals surface area contributed by atoms with E-state index < -0.39 is 0 Å². The highest BCUT2D eigenvalue weighted by Crippen LogP contribution is 2.68. The Morgan fingerprint density at radius 1 is 0.806 bits per heavy atom. The predicted molar refractivity (Wildman–Crippen MR) is 140 cm³/mol. The Morgan fingerprint density at radius 3 is 2.13 bits per heavy atom. The smallest absolute Gasteiger partial charge is 0.0264 e. The second kappa shape index (κ2) is 10.8. The molecule has 4 rings (SSSR count). The van der Waals surface area contributed by atoms with E-state index >= 15 is 0 Å². The Labute approximate surface area is 197 Å². The Bertz CT molecular complexity index is 548. The van der Waals surface area contributed by atoms with Crippen LogP contribution >= 0.6 is 0 Å². The summed E-state index contributed by atoms with van der Waals surface area (Å²) in [5.41, 5.74) is 1.36. The van der Waals surface area contributed by atoms with Gasteiger partial charge >= 0.3 is 0 Å². The molecule has 0 amide bonds. The topological polar surface area (TPSA) is 0 Å². The van der Waals surface area contributed by atoms with Crippen molar-refractivity contribution in [2.45, 2.75) is 126 Å². The highest BCUT2D eigenvalue weighted by Gasteiger charge is 2.60. The molecule has 0 heterocycles. The molecule has 9 unspecified atom stereocenters. The maximum absolute atomic E-state index is 3.00. The van der Waals surface area contributed by atoms with Gasteiger partial charge in [0.15, 0.2) is 0 Å². The van der Waals surface area contributed by atoms with Crippen molar-refractivity contribution in [2.75, 3.05) is 0 Å². The maximum atomic E-state index is 3.00. The van der Waals surface area contributed by atoms with Crippen molar-refractivity contribution < 1.29 is 0 Å². The average Bonchev–Trinajstić information content (AvgIpc) is 3.07. The van der Waals surface area contributed by atoms with Crippen LogP contribution in [0.5, 0.6) is 0 Å². The summed E-state index contributed by atoms with van der Waals surface area (Å²) >= 11 is 0. The van der Waals surface area contributed by atoms with E-state index in [0.717, 1.165) is 47.3 Å². The minimum atomic E-state index is 0. The fourth-order valence-corrected chi connectivity index (χ4v) is 9.50. The van der Waals surface area contributed by atoms with Crippen LogP contribution in [0.2, 0.25) is 0 Å². The largest absolute Gasteiger partial charge is 0.106 e. The summed E-state index contributed by atoms with van der Waals surface area (Å²) in [5.74, 6) is 8.08. The van der Waals surface area contributed by atoms with Crippen molar-refractivity contribution in [2.24, 2.45) is 58.2 Å². The van der Waals surface area contributed by atoms with Crippen LogP contribution in [0.1, 0.15) is 126 Å². The van der Waals surface area contributed by atoms with Crippen molar-refractivity contribution in [1.29, 1.82) is 0 Å². The standard InChI is InChI=1S/C28H50.C2H4.CH4/c1-19(2)8-7-9-21(4)24-12-13-25-23-11-10-22-18-20(3)14-16-27(22,5)26(23)15-17-28(24,25)6;1-2;/h19-26H,7-18H2,1-6H3;1-2H2;1H4. The lowest BCUT2D eigenvalue weighted by molar-refractivity contribution is -0.120. The van der Waals surface area contributed by atoms with E-state index in [0.29, 0.717) is 10.8 Å². The van der Waals surface area contributed by atoms with E-state index in [1.807, 2.05) is 0 Å². The second-order valence-electron chi connectivity index (χ2n) is 13.1. The van der Waals surface area contributed by atoms with E-state index in [4.69, 9.17) is 0 Å². The Balaban J connectivity index is 0.00000111. The molecule has 0 bridgehead atoms. The molecule has 0 aromatic heterocycles. The predicted octanol–water partition coefficient (Wildman–Crippen LogP) is 10.2. The lowest BCUT2D eigenvalue weighted by Gasteiger charge is -2.61. The average molecular weight is 431 g/mol. The molecule has 31 heavy (non-hydrogen) atoms. The van der Waals surface area contributed by atoms with E-state index in [1.54, 1.807) is 44.9 Å². The molecule has 0 aromatic rings. The number of hydrogen-bond donors (Lipinski definition) is 0. The molecule has 0 saturated heterocycles. The lowest BCUT2D eigenvalue weighted by atomic mass is 9.44. The first-order chi connectivity index (χ1) is 14.3. The third-order valence-electron chi connectivity index (χ3n) is 11.1. The van der Waals surface area contributed by atoms with Crippen LogP contribution in [0.15, 0.2) is 13.2 Å². The Morgan fingerprint density at radius 2 is 1.45 bits per heavy atom. The third-order valence-corrected chi connectivity index (χ3v) is 11.1. The molecule has 0 radical (unpaired) electrons. The van der Waals surface area contributed by atoms with Gasteiger partial charge in [0.05, 0.1) is 0 Å². The van der Waals surface area contributed by atoms with E-state index in [9.17, 15) is 0 Å². The minimum Gasteiger partial charge on any atom is -0.106 e. The SMILES string of the molecule is C.C=C.CC(C)CCCC(C)C1CCC2C3CCC4CC(C)CCC4(C)C3CCC12C. The van der Waals surface area contributed by atoms with Crippen LogP contribution in [-0.4, -0.2) is 0 Å². The first kappa shape index (κ1) is 27.0. The molecule has 0 heteroatoms. The first-order valence-electron chi connectivity index (χ1n) is 13.8. The molecule has 4 aliphatic carbocycles. The minimum absolute atomic E-state index is 0. The highest BCUT2D eigenvalue weighted by molar-refractivity contribution is 5.09. The molecule has 9 atom stereocenters. The summed E-state index contributed by atoms with van der Waals surface area (Å²) in [6, 6.07) is 0. The van der Waals surface area contributed by atoms with Gasteiger partial charge < -0.3 is 0 Å². The van der Waals surface area contributed by atoms with Gasteiger partial charge in [0.1, 0.15) is 0 Å². The normalized spacial score (nSPS) is 44.7. The molecule has 0 spiro atoms. The zero-order valence-electron chi connectivity index (χ0n) is 21.5. The fourth-order valence-electron chi connectivity index (χ4n) is 9.50. The zero-order chi connectivity index (χ0) is 22.1. The van der Waals surface area contributed by atoms with Gasteiger partial charge in [-0.25, -0.2) is 0 Å². The molecule has 0 aliphatic heterocycles. The van der Waals surface area contributed by atoms with Gasteiger partial charge in [-0.05, 0) is 110 Å². The molecular formula is C31H58. The summed E-state index contributed by atoms with van der Waals surface area (Å²) in [6.07, 6.45) is 18.3. The summed E-state index contributed by atoms with van der Waals surface area (Å²) in [4.78, 5) is 0. The van der Waals surface area contributed by atoms with Crippen LogP contribution in [0.25, 0.3) is 0 Å². The van der Waals surface area contributed by atoms with E-state index in [1.165, 1.54) is 32.1 Å². The quantitative estimate of drug-likeness (QED) is 0.380. The second-order valence-corrected chi connectivity index (χ2v) is 13.1. The van der Waals surface area contributed by atoms with Crippen molar-refractivity contribution >= 4 is 0 Å². The molecule has 4 fully saturated rings. The Kier molecular flexibility index (Phi) is 9.38. The molecular weight excluding hydrogens is 372 g/mol. The highest BCUT2D eigenvalue weighted by atomic mass is 14.6. The summed E-state index contributed by atoms with van der Waals surface area (Å²) in [6.45, 7) is 21.4. The van der Waals surface area contributed by atoms with Gasteiger partial charge in [0.2, 0.25) is 0 Å². The molecule has 4 aliphatic rings. The summed E-state index contributed by atoms with van der Waals surface area (Å²) < 4.78 is 0. The van der Waals surface area contributed by atoms with Gasteiger partial charge in [-0.3, -0.25) is 0 Å². The van der Waals surface area contributed by atoms with Crippen molar-refractivity contribution in [3.05, 3.63) is 13.2 Å². The van der Waals surface area contributed by atoms with E-state index in [2.05, 4.69) is 54.7 Å². The molecule has 0 nitrogen and oxygen atoms in total. The summed E-state index contributed by atoms with van der Waals surface area (Å²) in [5, 5.41) is 0. The molecule has 182 valence electrons. The number of hydrogen-bond acceptors (Lipinski definition) is 0. The van der Waals surface area contributed by atoms with E-state index in [-0.39, 0.29) is 7.43 Å². The van der Waals surface area contributed by atoms with Gasteiger partial charge in [0, 0.05) is 0 Å². The van der Waals surface area contributed by atoms with Crippen molar-refractivity contribution in [3.63, 3.8) is 0 Å². The lowest BCUT2D eigenvalue weighted by Crippen LogP contribution is -2.53. The Hall–Kier alpha value is -0.260. The van der Waals surface area contributed by atoms with Crippen LogP contribution in [0.3, 0.4) is 0 Å². The van der Waals surface area contributed by atoms with Gasteiger partial charge in [-0.2, -0.15) is 0 Å². The zero-order valence-corrected chi connectivity index (χ0v) is 21.5. The molecule has 0 aromatic carbocycles. The van der Waals surface area contributed by atoms with Gasteiger partial charge in [-0.15, -0.1) is 13.2 Å². The first-order valence-corrected chi connectivity index (χ1v) is 13.8.